The van der Waals surface area contributed by atoms with E-state index in [1.165, 1.54) is 0 Å². The third kappa shape index (κ3) is 2.56. The largest absolute Gasteiger partial charge is 0.423 e. The van der Waals surface area contributed by atoms with Crippen LogP contribution in [0.3, 0.4) is 0 Å². The highest BCUT2D eigenvalue weighted by atomic mass is 16.4. The normalized spacial score (nSPS) is 21.5. The Kier molecular flexibility index (Phi) is 4.05. The fourth-order valence-corrected chi connectivity index (χ4v) is 2.69. The summed E-state index contributed by atoms with van der Waals surface area (Å²) in [5.74, 6) is 0.401. The summed E-state index contributed by atoms with van der Waals surface area (Å²) in [6, 6.07) is 2.15. The van der Waals surface area contributed by atoms with Crippen molar-refractivity contribution in [1.82, 2.24) is 4.90 Å². The molecule has 0 radical (unpaired) electrons. The highest BCUT2D eigenvalue weighted by molar-refractivity contribution is 5.49. The molecule has 0 aliphatic heterocycles. The first-order chi connectivity index (χ1) is 9.10. The van der Waals surface area contributed by atoms with E-state index in [2.05, 4.69) is 44.4 Å². The molecule has 2 atom stereocenters. The van der Waals surface area contributed by atoms with Crippen LogP contribution in [0.1, 0.15) is 26.3 Å². The molecule has 0 aromatic carbocycles. The second kappa shape index (κ2) is 5.57. The van der Waals surface area contributed by atoms with Crippen molar-refractivity contribution < 1.29 is 4.42 Å². The number of hydrogen-bond donors (Lipinski definition) is 0. The second-order valence-electron chi connectivity index (χ2n) is 4.92. The van der Waals surface area contributed by atoms with E-state index >= 15 is 0 Å². The fraction of sp³-hybridized carbons (Fsp3) is 0.438. The van der Waals surface area contributed by atoms with Crippen molar-refractivity contribution in [2.45, 2.75) is 26.8 Å². The van der Waals surface area contributed by atoms with Gasteiger partial charge in [0.2, 0.25) is 0 Å². The fourth-order valence-electron chi connectivity index (χ4n) is 2.69. The van der Waals surface area contributed by atoms with Gasteiger partial charge < -0.3 is 4.42 Å². The second-order valence-corrected chi connectivity index (χ2v) is 4.92. The standard InChI is InChI=1S/C16H21NO2/c1-5-12-9-13-8-11(4)14(17(6-2)7-3)10-15(13)19-16(12)18/h5,8-11,14H,1,6-7H2,2-4H3. The maximum absolute atomic E-state index is 11.7. The summed E-state index contributed by atoms with van der Waals surface area (Å²) in [4.78, 5) is 14.1. The summed E-state index contributed by atoms with van der Waals surface area (Å²) in [6.45, 7) is 12.1. The van der Waals surface area contributed by atoms with Crippen molar-refractivity contribution in [3.8, 4) is 0 Å². The average Bonchev–Trinajstić information content (AvgIpc) is 2.40. The predicted octanol–water partition coefficient (Wildman–Crippen LogP) is 1.20. The molecular formula is C16H21NO2. The predicted molar refractivity (Wildman–Crippen MR) is 79.1 cm³/mol. The zero-order chi connectivity index (χ0) is 14.0. The number of hydrogen-bond acceptors (Lipinski definition) is 3. The highest BCUT2D eigenvalue weighted by Crippen LogP contribution is 2.15. The van der Waals surface area contributed by atoms with Crippen molar-refractivity contribution in [3.05, 3.63) is 39.3 Å². The summed E-state index contributed by atoms with van der Waals surface area (Å²) in [5, 5.41) is 0.991. The molecule has 2 unspecified atom stereocenters. The molecule has 0 bridgehead atoms. The van der Waals surface area contributed by atoms with Crippen molar-refractivity contribution in [3.63, 3.8) is 0 Å². The molecule has 1 heterocycles. The molecule has 19 heavy (non-hydrogen) atoms. The molecule has 1 aromatic heterocycles. The summed E-state index contributed by atoms with van der Waals surface area (Å²) in [6.07, 6.45) is 5.79. The third-order valence-electron chi connectivity index (χ3n) is 3.79. The van der Waals surface area contributed by atoms with Crippen LogP contribution in [-0.4, -0.2) is 24.0 Å². The minimum Gasteiger partial charge on any atom is -0.423 e. The molecule has 1 aliphatic rings. The molecule has 0 saturated heterocycles. The Labute approximate surface area is 113 Å². The number of nitrogens with zero attached hydrogens (tertiary/aromatic N) is 1. The molecule has 0 spiro atoms. The Morgan fingerprint density at radius 2 is 2.05 bits per heavy atom. The summed E-state index contributed by atoms with van der Waals surface area (Å²) < 4.78 is 5.40. The van der Waals surface area contributed by atoms with Gasteiger partial charge in [-0.15, -0.1) is 0 Å². The molecular weight excluding hydrogens is 238 g/mol. The lowest BCUT2D eigenvalue weighted by Crippen LogP contribution is -2.45. The minimum absolute atomic E-state index is 0.292. The van der Waals surface area contributed by atoms with Gasteiger partial charge >= 0.3 is 5.63 Å². The highest BCUT2D eigenvalue weighted by Gasteiger charge is 2.21. The van der Waals surface area contributed by atoms with Crippen LogP contribution in [0, 0.1) is 5.92 Å². The molecule has 1 aromatic rings. The summed E-state index contributed by atoms with van der Waals surface area (Å²) in [5.41, 5.74) is 0.897. The van der Waals surface area contributed by atoms with Crippen LogP contribution in [0.2, 0.25) is 0 Å². The van der Waals surface area contributed by atoms with Crippen LogP contribution in [0.25, 0.3) is 18.2 Å². The summed E-state index contributed by atoms with van der Waals surface area (Å²) in [7, 11) is 0. The smallest absolute Gasteiger partial charge is 0.343 e. The van der Waals surface area contributed by atoms with Gasteiger partial charge in [-0.1, -0.05) is 39.5 Å². The molecule has 0 fully saturated rings. The van der Waals surface area contributed by atoms with Crippen LogP contribution >= 0.6 is 0 Å². The zero-order valence-corrected chi connectivity index (χ0v) is 11.8. The van der Waals surface area contributed by atoms with E-state index in [4.69, 9.17) is 4.42 Å². The molecule has 3 nitrogen and oxygen atoms in total. The zero-order valence-electron chi connectivity index (χ0n) is 11.8. The van der Waals surface area contributed by atoms with E-state index in [1.54, 1.807) is 6.08 Å². The Balaban J connectivity index is 2.58. The van der Waals surface area contributed by atoms with Crippen molar-refractivity contribution in [1.29, 1.82) is 0 Å². The van der Waals surface area contributed by atoms with E-state index < -0.39 is 0 Å². The first-order valence-corrected chi connectivity index (χ1v) is 6.85. The van der Waals surface area contributed by atoms with E-state index in [0.717, 1.165) is 18.3 Å². The van der Waals surface area contributed by atoms with Crippen molar-refractivity contribution in [2.24, 2.45) is 5.92 Å². The van der Waals surface area contributed by atoms with Crippen molar-refractivity contribution in [2.75, 3.05) is 13.1 Å². The molecule has 3 heteroatoms. The molecule has 0 amide bonds. The maximum atomic E-state index is 11.7. The van der Waals surface area contributed by atoms with Gasteiger partial charge in [-0.2, -0.15) is 0 Å². The average molecular weight is 259 g/mol. The Morgan fingerprint density at radius 1 is 1.37 bits per heavy atom. The molecule has 0 N–H and O–H groups in total. The van der Waals surface area contributed by atoms with Gasteiger partial charge in [-0.05, 0) is 31.1 Å². The monoisotopic (exact) mass is 259 g/mol. The van der Waals surface area contributed by atoms with E-state index in [9.17, 15) is 4.79 Å². The molecule has 0 saturated carbocycles. The lowest BCUT2D eigenvalue weighted by atomic mass is 9.94. The van der Waals surface area contributed by atoms with Gasteiger partial charge in [-0.3, -0.25) is 4.90 Å². The maximum Gasteiger partial charge on any atom is 0.343 e. The van der Waals surface area contributed by atoms with Crippen LogP contribution in [-0.2, 0) is 0 Å². The van der Waals surface area contributed by atoms with E-state index in [-0.39, 0.29) is 5.63 Å². The SMILES string of the molecule is C=Cc1cc2c(oc1=O)=CC(N(CC)CC)C(C)C=2. The minimum atomic E-state index is -0.314. The van der Waals surface area contributed by atoms with E-state index in [1.807, 2.05) is 6.07 Å². The quantitative estimate of drug-likeness (QED) is 0.815. The third-order valence-corrected chi connectivity index (χ3v) is 3.79. The number of fused-ring (bicyclic) bond motifs is 1. The number of rotatable bonds is 4. The van der Waals surface area contributed by atoms with Crippen molar-refractivity contribution >= 4 is 18.2 Å². The summed E-state index contributed by atoms with van der Waals surface area (Å²) >= 11 is 0. The van der Waals surface area contributed by atoms with Crippen LogP contribution < -0.4 is 16.3 Å². The Morgan fingerprint density at radius 3 is 2.63 bits per heavy atom. The van der Waals surface area contributed by atoms with Gasteiger partial charge in [0.05, 0.1) is 5.56 Å². The first kappa shape index (κ1) is 13.8. The molecule has 2 rings (SSSR count). The van der Waals surface area contributed by atoms with Gasteiger partial charge in [0.1, 0.15) is 5.42 Å². The van der Waals surface area contributed by atoms with Gasteiger partial charge in [0, 0.05) is 11.3 Å². The topological polar surface area (TPSA) is 33.5 Å². The first-order valence-electron chi connectivity index (χ1n) is 6.85. The Bertz CT molecular complexity index is 638. The molecule has 102 valence electrons. The Hall–Kier alpha value is -1.61. The van der Waals surface area contributed by atoms with Crippen LogP contribution in [0.5, 0.6) is 0 Å². The van der Waals surface area contributed by atoms with Crippen LogP contribution in [0.4, 0.5) is 0 Å². The van der Waals surface area contributed by atoms with Gasteiger partial charge in [-0.25, -0.2) is 4.79 Å². The van der Waals surface area contributed by atoms with E-state index in [0.29, 0.717) is 22.9 Å². The van der Waals surface area contributed by atoms with Gasteiger partial charge in [0.25, 0.3) is 0 Å². The van der Waals surface area contributed by atoms with Gasteiger partial charge in [0.15, 0.2) is 0 Å². The lowest BCUT2D eigenvalue weighted by Gasteiger charge is -2.31. The molecule has 1 aliphatic carbocycles. The lowest BCUT2D eigenvalue weighted by molar-refractivity contribution is 0.234. The van der Waals surface area contributed by atoms with Crippen LogP contribution in [0.15, 0.2) is 21.9 Å².